The van der Waals surface area contributed by atoms with Gasteiger partial charge in [0.15, 0.2) is 5.13 Å². The maximum absolute atomic E-state index is 10.9. The van der Waals surface area contributed by atoms with Crippen LogP contribution < -0.4 is 5.32 Å². The van der Waals surface area contributed by atoms with E-state index in [0.29, 0.717) is 16.5 Å². The van der Waals surface area contributed by atoms with E-state index in [1.165, 1.54) is 18.3 Å². The molecule has 6 heteroatoms. The maximum atomic E-state index is 10.9. The standard InChI is InChI=1S/C11H16N2O2S2/c1-7-10(3-4-15-7)16-5-9-6-17-11(13-9)12-8(2)14/h6-7,10H,3-5H2,1-2H3,(H,12,13,14)/t7-,10-/m1/s1. The van der Waals surface area contributed by atoms with Gasteiger partial charge in [-0.2, -0.15) is 0 Å². The number of carbonyl (C=O) groups excluding carboxylic acids is 1. The fourth-order valence-electron chi connectivity index (χ4n) is 1.70. The number of nitrogens with zero attached hydrogens (tertiary/aromatic N) is 1. The zero-order valence-corrected chi connectivity index (χ0v) is 11.6. The smallest absolute Gasteiger partial charge is 0.223 e. The molecule has 1 aliphatic rings. The number of nitrogens with one attached hydrogen (secondary N) is 1. The van der Waals surface area contributed by atoms with E-state index in [0.717, 1.165) is 24.5 Å². The molecule has 0 aliphatic carbocycles. The van der Waals surface area contributed by atoms with Crippen LogP contribution in [-0.2, 0) is 15.3 Å². The molecule has 94 valence electrons. The molecule has 1 saturated heterocycles. The van der Waals surface area contributed by atoms with E-state index in [9.17, 15) is 4.79 Å². The Bertz CT molecular complexity index is 395. The number of anilines is 1. The van der Waals surface area contributed by atoms with Gasteiger partial charge in [0.25, 0.3) is 0 Å². The minimum absolute atomic E-state index is 0.0728. The molecule has 0 aromatic carbocycles. The van der Waals surface area contributed by atoms with E-state index in [4.69, 9.17) is 4.74 Å². The number of thioether (sulfide) groups is 1. The van der Waals surface area contributed by atoms with Crippen LogP contribution >= 0.6 is 23.1 Å². The number of hydrogen-bond donors (Lipinski definition) is 1. The van der Waals surface area contributed by atoms with Gasteiger partial charge in [0.2, 0.25) is 5.91 Å². The molecule has 2 heterocycles. The molecule has 2 rings (SSSR count). The van der Waals surface area contributed by atoms with Crippen LogP contribution in [-0.4, -0.2) is 28.9 Å². The van der Waals surface area contributed by atoms with Crippen molar-refractivity contribution < 1.29 is 9.53 Å². The molecule has 1 amide bonds. The van der Waals surface area contributed by atoms with Crippen LogP contribution in [0.2, 0.25) is 0 Å². The van der Waals surface area contributed by atoms with Crippen molar-refractivity contribution >= 4 is 34.1 Å². The summed E-state index contributed by atoms with van der Waals surface area (Å²) in [7, 11) is 0. The molecule has 0 bridgehead atoms. The van der Waals surface area contributed by atoms with E-state index in [-0.39, 0.29) is 5.91 Å². The van der Waals surface area contributed by atoms with Gasteiger partial charge in [0.1, 0.15) is 0 Å². The lowest BCUT2D eigenvalue weighted by Gasteiger charge is -2.12. The van der Waals surface area contributed by atoms with Crippen molar-refractivity contribution in [3.63, 3.8) is 0 Å². The average molecular weight is 272 g/mol. The molecule has 4 nitrogen and oxygen atoms in total. The van der Waals surface area contributed by atoms with Crippen LogP contribution in [0.15, 0.2) is 5.38 Å². The van der Waals surface area contributed by atoms with Gasteiger partial charge in [-0.05, 0) is 13.3 Å². The Balaban J connectivity index is 1.82. The Labute approximate surface area is 109 Å². The van der Waals surface area contributed by atoms with Crippen molar-refractivity contribution in [2.75, 3.05) is 11.9 Å². The third kappa shape index (κ3) is 3.69. The molecule has 2 atom stereocenters. The highest BCUT2D eigenvalue weighted by atomic mass is 32.2. The molecule has 1 aromatic rings. The number of carbonyl (C=O) groups is 1. The fourth-order valence-corrected chi connectivity index (χ4v) is 3.71. The van der Waals surface area contributed by atoms with Crippen LogP contribution in [0.5, 0.6) is 0 Å². The highest BCUT2D eigenvalue weighted by Gasteiger charge is 2.24. The van der Waals surface area contributed by atoms with Crippen molar-refractivity contribution in [2.45, 2.75) is 37.4 Å². The molecule has 1 N–H and O–H groups in total. The Morgan fingerprint density at radius 1 is 1.76 bits per heavy atom. The molecule has 1 aromatic heterocycles. The molecule has 17 heavy (non-hydrogen) atoms. The maximum Gasteiger partial charge on any atom is 0.223 e. The number of amides is 1. The van der Waals surface area contributed by atoms with Crippen molar-refractivity contribution in [1.29, 1.82) is 0 Å². The minimum Gasteiger partial charge on any atom is -0.377 e. The second-order valence-electron chi connectivity index (χ2n) is 4.04. The summed E-state index contributed by atoms with van der Waals surface area (Å²) in [6, 6.07) is 0. The SMILES string of the molecule is CC(=O)Nc1nc(CS[C@@H]2CCO[C@@H]2C)cs1. The Morgan fingerprint density at radius 3 is 3.24 bits per heavy atom. The summed E-state index contributed by atoms with van der Waals surface area (Å²) in [4.78, 5) is 15.2. The third-order valence-corrected chi connectivity index (χ3v) is 4.90. The molecule has 1 aliphatic heterocycles. The highest BCUT2D eigenvalue weighted by Crippen LogP contribution is 2.29. The van der Waals surface area contributed by atoms with E-state index in [2.05, 4.69) is 17.2 Å². The predicted octanol–water partition coefficient (Wildman–Crippen LogP) is 2.51. The van der Waals surface area contributed by atoms with Gasteiger partial charge in [-0.3, -0.25) is 4.79 Å². The molecule has 0 spiro atoms. The lowest BCUT2D eigenvalue weighted by atomic mass is 10.3. The quantitative estimate of drug-likeness (QED) is 0.915. The Kier molecular flexibility index (Phi) is 4.42. The molecular formula is C11H16N2O2S2. The first-order valence-electron chi connectivity index (χ1n) is 5.60. The summed E-state index contributed by atoms with van der Waals surface area (Å²) in [5.41, 5.74) is 1.03. The van der Waals surface area contributed by atoms with Gasteiger partial charge in [-0.25, -0.2) is 4.98 Å². The predicted molar refractivity (Wildman–Crippen MR) is 71.5 cm³/mol. The number of rotatable bonds is 4. The first kappa shape index (κ1) is 12.9. The second kappa shape index (κ2) is 5.84. The summed E-state index contributed by atoms with van der Waals surface area (Å²) >= 11 is 3.36. The van der Waals surface area contributed by atoms with Crippen molar-refractivity contribution in [3.05, 3.63) is 11.1 Å². The van der Waals surface area contributed by atoms with Crippen molar-refractivity contribution in [2.24, 2.45) is 0 Å². The van der Waals surface area contributed by atoms with Crippen molar-refractivity contribution in [3.8, 4) is 0 Å². The summed E-state index contributed by atoms with van der Waals surface area (Å²) < 4.78 is 5.52. The molecule has 0 saturated carbocycles. The van der Waals surface area contributed by atoms with Gasteiger partial charge in [-0.15, -0.1) is 23.1 Å². The van der Waals surface area contributed by atoms with E-state index >= 15 is 0 Å². The van der Waals surface area contributed by atoms with Gasteiger partial charge in [0, 0.05) is 29.9 Å². The molecular weight excluding hydrogens is 256 g/mol. The molecule has 1 fully saturated rings. The van der Waals surface area contributed by atoms with Crippen LogP contribution in [0.3, 0.4) is 0 Å². The van der Waals surface area contributed by atoms with E-state index in [1.807, 2.05) is 17.1 Å². The van der Waals surface area contributed by atoms with Crippen LogP contribution in [0.1, 0.15) is 26.0 Å². The minimum atomic E-state index is -0.0728. The number of hydrogen-bond acceptors (Lipinski definition) is 5. The Morgan fingerprint density at radius 2 is 2.59 bits per heavy atom. The fraction of sp³-hybridized carbons (Fsp3) is 0.636. The Hall–Kier alpha value is -0.590. The van der Waals surface area contributed by atoms with Crippen LogP contribution in [0, 0.1) is 0 Å². The average Bonchev–Trinajstić information content (AvgIpc) is 2.84. The summed E-state index contributed by atoms with van der Waals surface area (Å²) in [5.74, 6) is 0.811. The third-order valence-electron chi connectivity index (χ3n) is 2.59. The topological polar surface area (TPSA) is 51.2 Å². The van der Waals surface area contributed by atoms with Gasteiger partial charge < -0.3 is 10.1 Å². The monoisotopic (exact) mass is 272 g/mol. The normalized spacial score (nSPS) is 23.9. The van der Waals surface area contributed by atoms with Crippen LogP contribution in [0.25, 0.3) is 0 Å². The van der Waals surface area contributed by atoms with E-state index in [1.54, 1.807) is 0 Å². The molecule has 0 radical (unpaired) electrons. The highest BCUT2D eigenvalue weighted by molar-refractivity contribution is 7.99. The van der Waals surface area contributed by atoms with Gasteiger partial charge >= 0.3 is 0 Å². The zero-order chi connectivity index (χ0) is 12.3. The lowest BCUT2D eigenvalue weighted by molar-refractivity contribution is -0.114. The summed E-state index contributed by atoms with van der Waals surface area (Å²) in [6.07, 6.45) is 1.46. The number of aromatic nitrogens is 1. The van der Waals surface area contributed by atoms with Crippen molar-refractivity contribution in [1.82, 2.24) is 4.98 Å². The number of thiazole rings is 1. The lowest BCUT2D eigenvalue weighted by Crippen LogP contribution is -2.13. The summed E-state index contributed by atoms with van der Waals surface area (Å²) in [6.45, 7) is 4.48. The number of ether oxygens (including phenoxy) is 1. The van der Waals surface area contributed by atoms with E-state index < -0.39 is 0 Å². The largest absolute Gasteiger partial charge is 0.377 e. The first-order valence-corrected chi connectivity index (χ1v) is 7.53. The zero-order valence-electron chi connectivity index (χ0n) is 9.93. The second-order valence-corrected chi connectivity index (χ2v) is 6.12. The van der Waals surface area contributed by atoms with Crippen LogP contribution in [0.4, 0.5) is 5.13 Å². The van der Waals surface area contributed by atoms with Gasteiger partial charge in [0.05, 0.1) is 11.8 Å². The molecule has 0 unspecified atom stereocenters. The first-order chi connectivity index (χ1) is 8.15. The summed E-state index contributed by atoms with van der Waals surface area (Å²) in [5, 5.41) is 5.95. The van der Waals surface area contributed by atoms with Gasteiger partial charge in [-0.1, -0.05) is 0 Å².